The van der Waals surface area contributed by atoms with E-state index in [0.717, 1.165) is 0 Å². The maximum atomic E-state index is 10.6. The number of allylic oxidation sites excluding steroid dienone is 1. The predicted octanol–water partition coefficient (Wildman–Crippen LogP) is 2.43. The predicted molar refractivity (Wildman–Crippen MR) is 59.9 cm³/mol. The normalized spacial score (nSPS) is 11.2. The minimum absolute atomic E-state index is 0.0450. The second-order valence-electron chi connectivity index (χ2n) is 3.14. The summed E-state index contributed by atoms with van der Waals surface area (Å²) < 4.78 is 4.91. The summed E-state index contributed by atoms with van der Waals surface area (Å²) >= 11 is 0. The topological polar surface area (TPSA) is 72.6 Å². The van der Waals surface area contributed by atoms with Crippen molar-refractivity contribution in [2.45, 2.75) is 13.3 Å². The molecule has 0 spiro atoms. The summed E-state index contributed by atoms with van der Waals surface area (Å²) in [6.45, 7) is 1.69. The zero-order valence-corrected chi connectivity index (χ0v) is 9.14. The highest BCUT2D eigenvalue weighted by Gasteiger charge is 2.11. The number of aromatic hydroxyl groups is 1. The molecule has 16 heavy (non-hydrogen) atoms. The Balaban J connectivity index is 3.19. The Kier molecular flexibility index (Phi) is 3.88. The average Bonchev–Trinajstić information content (AvgIpc) is 2.27. The molecule has 0 amide bonds. The zero-order chi connectivity index (χ0) is 12.1. The molecular weight excluding hydrogens is 210 g/mol. The minimum atomic E-state index is -0.459. The number of hydrogen-bond donors (Lipinski definition) is 1. The van der Waals surface area contributed by atoms with Gasteiger partial charge in [0.25, 0.3) is 0 Å². The largest absolute Gasteiger partial charge is 0.504 e. The monoisotopic (exact) mass is 223 g/mol. The first-order valence-corrected chi connectivity index (χ1v) is 4.81. The molecule has 5 heteroatoms. The Morgan fingerprint density at radius 2 is 2.31 bits per heavy atom. The van der Waals surface area contributed by atoms with E-state index in [1.165, 1.54) is 13.2 Å². The van der Waals surface area contributed by atoms with Crippen LogP contribution in [0.3, 0.4) is 0 Å². The zero-order valence-electron chi connectivity index (χ0n) is 9.14. The van der Waals surface area contributed by atoms with Gasteiger partial charge in [-0.25, -0.2) is 0 Å². The van der Waals surface area contributed by atoms with Gasteiger partial charge in [0.1, 0.15) is 0 Å². The lowest BCUT2D eigenvalue weighted by molar-refractivity contribution is -0.425. The fourth-order valence-electron chi connectivity index (χ4n) is 1.28. The Morgan fingerprint density at radius 3 is 2.81 bits per heavy atom. The van der Waals surface area contributed by atoms with Gasteiger partial charge in [-0.3, -0.25) is 10.1 Å². The van der Waals surface area contributed by atoms with Crippen LogP contribution in [0.1, 0.15) is 18.9 Å². The first-order valence-electron chi connectivity index (χ1n) is 4.81. The number of rotatable bonds is 4. The molecule has 0 aliphatic heterocycles. The molecule has 1 aromatic carbocycles. The van der Waals surface area contributed by atoms with Gasteiger partial charge in [-0.2, -0.15) is 0 Å². The first-order chi connectivity index (χ1) is 7.60. The summed E-state index contributed by atoms with van der Waals surface area (Å²) in [7, 11) is 1.43. The van der Waals surface area contributed by atoms with Crippen molar-refractivity contribution in [1.29, 1.82) is 0 Å². The summed E-state index contributed by atoms with van der Waals surface area (Å²) in [6, 6.07) is 4.85. The molecule has 86 valence electrons. The molecule has 0 aliphatic carbocycles. The fourth-order valence-corrected chi connectivity index (χ4v) is 1.28. The summed E-state index contributed by atoms with van der Waals surface area (Å²) in [4.78, 5) is 10.2. The van der Waals surface area contributed by atoms with Crippen molar-refractivity contribution in [1.82, 2.24) is 0 Å². The van der Waals surface area contributed by atoms with Gasteiger partial charge in [-0.1, -0.05) is 19.1 Å². The lowest BCUT2D eigenvalue weighted by atomic mass is 10.1. The van der Waals surface area contributed by atoms with Crippen molar-refractivity contribution in [3.8, 4) is 11.5 Å². The van der Waals surface area contributed by atoms with Crippen molar-refractivity contribution in [3.63, 3.8) is 0 Å². The fraction of sp³-hybridized carbons (Fsp3) is 0.273. The molecule has 1 aromatic rings. The van der Waals surface area contributed by atoms with Gasteiger partial charge in [0.15, 0.2) is 11.5 Å². The van der Waals surface area contributed by atoms with Crippen LogP contribution in [0.5, 0.6) is 11.5 Å². The van der Waals surface area contributed by atoms with E-state index in [-0.39, 0.29) is 11.4 Å². The number of methoxy groups -OCH3 is 1. The third-order valence-corrected chi connectivity index (χ3v) is 2.17. The highest BCUT2D eigenvalue weighted by molar-refractivity contribution is 5.62. The van der Waals surface area contributed by atoms with Gasteiger partial charge in [0, 0.05) is 18.1 Å². The van der Waals surface area contributed by atoms with Crippen molar-refractivity contribution >= 4 is 6.08 Å². The molecule has 1 rings (SSSR count). The van der Waals surface area contributed by atoms with Crippen molar-refractivity contribution < 1.29 is 14.8 Å². The van der Waals surface area contributed by atoms with E-state index in [1.807, 2.05) is 0 Å². The molecule has 0 saturated heterocycles. The minimum Gasteiger partial charge on any atom is -0.504 e. The van der Waals surface area contributed by atoms with Crippen LogP contribution in [0.4, 0.5) is 0 Å². The molecule has 0 atom stereocenters. The third-order valence-electron chi connectivity index (χ3n) is 2.17. The summed E-state index contributed by atoms with van der Waals surface area (Å²) in [5.74, 6) is 0.213. The Bertz CT molecular complexity index is 426. The van der Waals surface area contributed by atoms with E-state index in [2.05, 4.69) is 0 Å². The number of phenols is 1. The van der Waals surface area contributed by atoms with Crippen molar-refractivity contribution in [2.75, 3.05) is 7.11 Å². The Hall–Kier alpha value is -2.04. The van der Waals surface area contributed by atoms with E-state index < -0.39 is 4.92 Å². The first kappa shape index (κ1) is 12.0. The summed E-state index contributed by atoms with van der Waals surface area (Å²) in [5.41, 5.74) is 0.427. The number of hydrogen-bond acceptors (Lipinski definition) is 4. The molecule has 1 N–H and O–H groups in total. The van der Waals surface area contributed by atoms with Gasteiger partial charge in [0.05, 0.1) is 12.0 Å². The maximum Gasteiger partial charge on any atom is 0.246 e. The molecule has 5 nitrogen and oxygen atoms in total. The van der Waals surface area contributed by atoms with Crippen molar-refractivity contribution in [3.05, 3.63) is 39.6 Å². The van der Waals surface area contributed by atoms with Gasteiger partial charge in [-0.05, 0) is 6.07 Å². The Labute approximate surface area is 93.1 Å². The molecule has 0 radical (unpaired) electrons. The van der Waals surface area contributed by atoms with Gasteiger partial charge in [0.2, 0.25) is 5.70 Å². The highest BCUT2D eigenvalue weighted by Crippen LogP contribution is 2.31. The number of phenolic OH excluding ortho intramolecular Hbond substituents is 1. The molecule has 0 saturated carbocycles. The second-order valence-corrected chi connectivity index (χ2v) is 3.14. The van der Waals surface area contributed by atoms with Crippen LogP contribution in [-0.4, -0.2) is 17.1 Å². The van der Waals surface area contributed by atoms with E-state index in [0.29, 0.717) is 17.7 Å². The molecule has 0 heterocycles. The Morgan fingerprint density at radius 1 is 1.62 bits per heavy atom. The van der Waals surface area contributed by atoms with E-state index >= 15 is 0 Å². The van der Waals surface area contributed by atoms with Crippen LogP contribution >= 0.6 is 0 Å². The third kappa shape index (κ3) is 2.50. The lowest BCUT2D eigenvalue weighted by Gasteiger charge is -2.05. The molecule has 0 fully saturated rings. The molecule has 0 aliphatic rings. The van der Waals surface area contributed by atoms with Gasteiger partial charge >= 0.3 is 0 Å². The van der Waals surface area contributed by atoms with E-state index in [4.69, 9.17) is 4.74 Å². The van der Waals surface area contributed by atoms with Crippen molar-refractivity contribution in [2.24, 2.45) is 0 Å². The molecule has 0 unspecified atom stereocenters. The smallest absolute Gasteiger partial charge is 0.246 e. The lowest BCUT2D eigenvalue weighted by Crippen LogP contribution is -1.96. The molecular formula is C11H13NO4. The summed E-state index contributed by atoms with van der Waals surface area (Å²) in [5, 5.41) is 20.3. The van der Waals surface area contributed by atoms with Gasteiger partial charge < -0.3 is 9.84 Å². The van der Waals surface area contributed by atoms with Crippen LogP contribution in [-0.2, 0) is 0 Å². The number of para-hydroxylation sites is 1. The maximum absolute atomic E-state index is 10.6. The standard InChI is InChI=1S/C11H13NO4/c1-3-9(12(14)15)7-8-5-4-6-10(16-2)11(8)13/h4-7,13H,3H2,1-2H3/b9-7+. The second kappa shape index (κ2) is 5.16. The van der Waals surface area contributed by atoms with Crippen LogP contribution in [0.15, 0.2) is 23.9 Å². The molecule has 0 aromatic heterocycles. The van der Waals surface area contributed by atoms with E-state index in [1.54, 1.807) is 25.1 Å². The van der Waals surface area contributed by atoms with Crippen LogP contribution in [0.2, 0.25) is 0 Å². The quantitative estimate of drug-likeness (QED) is 0.628. The van der Waals surface area contributed by atoms with Crippen LogP contribution in [0, 0.1) is 10.1 Å². The SMILES string of the molecule is CC/C(=C\c1cccc(OC)c1O)[N+](=O)[O-]. The van der Waals surface area contributed by atoms with Crippen LogP contribution in [0.25, 0.3) is 6.08 Å². The number of nitrogens with zero attached hydrogens (tertiary/aromatic N) is 1. The molecule has 0 bridgehead atoms. The van der Waals surface area contributed by atoms with E-state index in [9.17, 15) is 15.2 Å². The highest BCUT2D eigenvalue weighted by atomic mass is 16.6. The summed E-state index contributed by atoms with van der Waals surface area (Å²) in [6.07, 6.45) is 1.64. The number of benzene rings is 1. The van der Waals surface area contributed by atoms with Gasteiger partial charge in [-0.15, -0.1) is 0 Å². The number of ether oxygens (including phenoxy) is 1. The number of nitro groups is 1. The average molecular weight is 223 g/mol. The van der Waals surface area contributed by atoms with Crippen LogP contribution < -0.4 is 4.74 Å².